The number of aryl methyl sites for hydroxylation is 1. The third-order valence-electron chi connectivity index (χ3n) is 7.27. The molecular formula is C31H31N5O5S. The Labute approximate surface area is 248 Å². The normalized spacial score (nSPS) is 16.3. The number of carbonyl (C=O) groups is 2. The summed E-state index contributed by atoms with van der Waals surface area (Å²) in [5.41, 5.74) is 5.45. The van der Waals surface area contributed by atoms with Crippen LogP contribution in [0, 0.1) is 13.8 Å². The van der Waals surface area contributed by atoms with E-state index in [-0.39, 0.29) is 30.2 Å². The number of methoxy groups -OCH3 is 2. The molecule has 0 aliphatic carbocycles. The molecular weight excluding hydrogens is 554 g/mol. The molecule has 11 heteroatoms. The molecule has 0 bridgehead atoms. The molecule has 2 aromatic heterocycles. The smallest absolute Gasteiger partial charge is 0.337 e. The zero-order valence-electron chi connectivity index (χ0n) is 23.6. The maximum Gasteiger partial charge on any atom is 0.337 e. The molecule has 1 aliphatic rings. The second kappa shape index (κ2) is 12.0. The van der Waals surface area contributed by atoms with Gasteiger partial charge in [-0.1, -0.05) is 18.2 Å². The highest BCUT2D eigenvalue weighted by atomic mass is 32.1. The minimum Gasteiger partial charge on any atom is -0.495 e. The van der Waals surface area contributed by atoms with E-state index < -0.39 is 5.97 Å². The van der Waals surface area contributed by atoms with E-state index in [4.69, 9.17) is 21.7 Å². The van der Waals surface area contributed by atoms with Gasteiger partial charge in [-0.2, -0.15) is 0 Å². The average Bonchev–Trinajstić information content (AvgIpc) is 3.48. The second-order valence-corrected chi connectivity index (χ2v) is 10.2. The SMILES string of the molecule is COCC(=O)Nc1cc(N2C(=S)N[C@H](c3ccccn3)[C@@H]2c2cc(C)n(-c3ccccc3C(=O)O)c2C)ccc1OC. The highest BCUT2D eigenvalue weighted by molar-refractivity contribution is 7.80. The van der Waals surface area contributed by atoms with Crippen LogP contribution in [-0.4, -0.2) is 52.5 Å². The lowest BCUT2D eigenvalue weighted by molar-refractivity contribution is -0.119. The van der Waals surface area contributed by atoms with Crippen LogP contribution in [0.15, 0.2) is 72.9 Å². The minimum absolute atomic E-state index is 0.106. The van der Waals surface area contributed by atoms with Crippen molar-refractivity contribution in [3.63, 3.8) is 0 Å². The Hall–Kier alpha value is -4.74. The van der Waals surface area contributed by atoms with E-state index in [9.17, 15) is 14.7 Å². The maximum atomic E-state index is 12.4. The third-order valence-corrected chi connectivity index (χ3v) is 7.59. The lowest BCUT2D eigenvalue weighted by Gasteiger charge is -2.29. The number of amides is 1. The molecule has 1 fully saturated rings. The first-order valence-electron chi connectivity index (χ1n) is 13.2. The summed E-state index contributed by atoms with van der Waals surface area (Å²) in [5, 5.41) is 16.7. The number of thiocarbonyl (C=S) groups is 1. The molecule has 5 rings (SSSR count). The van der Waals surface area contributed by atoms with Crippen molar-refractivity contribution in [1.29, 1.82) is 0 Å². The molecule has 0 unspecified atom stereocenters. The predicted octanol–water partition coefficient (Wildman–Crippen LogP) is 4.96. The number of rotatable bonds is 9. The molecule has 1 aliphatic heterocycles. The van der Waals surface area contributed by atoms with Gasteiger partial charge in [0.05, 0.1) is 41.8 Å². The van der Waals surface area contributed by atoms with E-state index in [0.717, 1.165) is 28.3 Å². The largest absolute Gasteiger partial charge is 0.495 e. The number of hydrogen-bond donors (Lipinski definition) is 3. The first-order chi connectivity index (χ1) is 20.2. The molecule has 216 valence electrons. The van der Waals surface area contributed by atoms with Crippen molar-refractivity contribution < 1.29 is 24.2 Å². The molecule has 0 saturated carbocycles. The van der Waals surface area contributed by atoms with Crippen LogP contribution in [0.4, 0.5) is 11.4 Å². The Balaban J connectivity index is 1.67. The van der Waals surface area contributed by atoms with Crippen molar-refractivity contribution in [2.75, 3.05) is 31.0 Å². The number of benzene rings is 2. The summed E-state index contributed by atoms with van der Waals surface area (Å²) in [6.45, 7) is 3.82. The molecule has 3 N–H and O–H groups in total. The number of para-hydroxylation sites is 1. The number of nitrogens with zero attached hydrogens (tertiary/aromatic N) is 3. The summed E-state index contributed by atoms with van der Waals surface area (Å²) in [5.74, 6) is -0.834. The molecule has 4 aromatic rings. The highest BCUT2D eigenvalue weighted by Crippen LogP contribution is 2.45. The fourth-order valence-corrected chi connectivity index (χ4v) is 5.86. The molecule has 42 heavy (non-hydrogen) atoms. The van der Waals surface area contributed by atoms with Gasteiger partial charge in [-0.3, -0.25) is 9.78 Å². The molecule has 2 atom stereocenters. The molecule has 2 aromatic carbocycles. The predicted molar refractivity (Wildman–Crippen MR) is 164 cm³/mol. The number of pyridine rings is 1. The molecule has 3 heterocycles. The Bertz CT molecular complexity index is 1650. The lowest BCUT2D eigenvalue weighted by atomic mass is 9.96. The van der Waals surface area contributed by atoms with Gasteiger partial charge in [-0.15, -0.1) is 0 Å². The van der Waals surface area contributed by atoms with Crippen molar-refractivity contribution in [2.45, 2.75) is 25.9 Å². The maximum absolute atomic E-state index is 12.4. The van der Waals surface area contributed by atoms with Gasteiger partial charge in [0.15, 0.2) is 5.11 Å². The van der Waals surface area contributed by atoms with Gasteiger partial charge in [0, 0.05) is 30.4 Å². The minimum atomic E-state index is -1.00. The number of anilines is 2. The van der Waals surface area contributed by atoms with Gasteiger partial charge >= 0.3 is 5.97 Å². The molecule has 1 saturated heterocycles. The summed E-state index contributed by atoms with van der Waals surface area (Å²) in [4.78, 5) is 31.1. The monoisotopic (exact) mass is 585 g/mol. The number of carbonyl (C=O) groups excluding carboxylic acids is 1. The number of ether oxygens (including phenoxy) is 2. The third kappa shape index (κ3) is 5.31. The highest BCUT2D eigenvalue weighted by Gasteiger charge is 2.42. The zero-order valence-corrected chi connectivity index (χ0v) is 24.4. The van der Waals surface area contributed by atoms with Gasteiger partial charge in [0.1, 0.15) is 12.4 Å². The molecule has 1 amide bonds. The van der Waals surface area contributed by atoms with Crippen LogP contribution in [0.2, 0.25) is 0 Å². The quantitative estimate of drug-likeness (QED) is 0.234. The first-order valence-corrected chi connectivity index (χ1v) is 13.6. The lowest BCUT2D eigenvalue weighted by Crippen LogP contribution is -2.29. The van der Waals surface area contributed by atoms with Crippen molar-refractivity contribution in [3.8, 4) is 11.4 Å². The Morgan fingerprint density at radius 2 is 1.83 bits per heavy atom. The van der Waals surface area contributed by atoms with E-state index in [1.807, 2.05) is 59.7 Å². The van der Waals surface area contributed by atoms with E-state index in [1.54, 1.807) is 30.5 Å². The van der Waals surface area contributed by atoms with Crippen LogP contribution in [0.3, 0.4) is 0 Å². The number of carboxylic acids is 1. The summed E-state index contributed by atoms with van der Waals surface area (Å²) >= 11 is 5.91. The number of carboxylic acid groups (broad SMARTS) is 1. The van der Waals surface area contributed by atoms with Gasteiger partial charge in [0.25, 0.3) is 0 Å². The topological polar surface area (TPSA) is 118 Å². The van der Waals surface area contributed by atoms with E-state index in [2.05, 4.69) is 21.7 Å². The second-order valence-electron chi connectivity index (χ2n) is 9.85. The van der Waals surface area contributed by atoms with Crippen molar-refractivity contribution in [3.05, 3.63) is 101 Å². The summed E-state index contributed by atoms with van der Waals surface area (Å²) < 4.78 is 12.4. The Morgan fingerprint density at radius 1 is 1.07 bits per heavy atom. The zero-order chi connectivity index (χ0) is 30.0. The van der Waals surface area contributed by atoms with E-state index in [0.29, 0.717) is 22.2 Å². The van der Waals surface area contributed by atoms with Crippen molar-refractivity contribution in [2.24, 2.45) is 0 Å². The van der Waals surface area contributed by atoms with Gasteiger partial charge in [0.2, 0.25) is 5.91 Å². The standard InChI is InChI=1S/C31H31N5O5S/c1-18-15-22(19(2)35(18)25-11-6-5-9-21(25)30(38)39)29-28(23-10-7-8-14-32-23)34-31(42)36(29)20-12-13-26(41-4)24(16-20)33-27(37)17-40-3/h5-16,28-29H,17H2,1-4H3,(H,33,37)(H,34,42)(H,38,39)/t28-,29+/m1/s1. The van der Waals surface area contributed by atoms with Crippen LogP contribution in [0.5, 0.6) is 5.75 Å². The van der Waals surface area contributed by atoms with E-state index in [1.165, 1.54) is 14.2 Å². The van der Waals surface area contributed by atoms with Gasteiger partial charge in [-0.05, 0) is 80.2 Å². The number of aromatic carboxylic acids is 1. The summed E-state index contributed by atoms with van der Waals surface area (Å²) in [6.07, 6.45) is 1.74. The average molecular weight is 586 g/mol. The van der Waals surface area contributed by atoms with Crippen LogP contribution in [0.1, 0.15) is 45.1 Å². The van der Waals surface area contributed by atoms with Crippen LogP contribution in [-0.2, 0) is 9.53 Å². The van der Waals surface area contributed by atoms with Crippen molar-refractivity contribution in [1.82, 2.24) is 14.9 Å². The molecule has 0 radical (unpaired) electrons. The number of aromatic nitrogens is 2. The van der Waals surface area contributed by atoms with Gasteiger partial charge < -0.3 is 34.7 Å². The first kappa shape index (κ1) is 28.8. The van der Waals surface area contributed by atoms with Crippen LogP contribution < -0.4 is 20.3 Å². The van der Waals surface area contributed by atoms with Crippen LogP contribution in [0.25, 0.3) is 5.69 Å². The number of nitrogens with one attached hydrogen (secondary N) is 2. The van der Waals surface area contributed by atoms with Crippen LogP contribution >= 0.6 is 12.2 Å². The Kier molecular flexibility index (Phi) is 8.23. The number of hydrogen-bond acceptors (Lipinski definition) is 6. The summed E-state index contributed by atoms with van der Waals surface area (Å²) in [7, 11) is 2.99. The fraction of sp³-hybridized carbons (Fsp3) is 0.226. The summed E-state index contributed by atoms with van der Waals surface area (Å²) in [6, 6.07) is 19.5. The van der Waals surface area contributed by atoms with Crippen molar-refractivity contribution >= 4 is 40.6 Å². The molecule has 10 nitrogen and oxygen atoms in total. The van der Waals surface area contributed by atoms with E-state index >= 15 is 0 Å². The molecule has 0 spiro atoms. The Morgan fingerprint density at radius 3 is 2.52 bits per heavy atom. The van der Waals surface area contributed by atoms with Gasteiger partial charge in [-0.25, -0.2) is 4.79 Å². The fourth-order valence-electron chi connectivity index (χ4n) is 5.52.